The molecule has 4 heterocycles. The van der Waals surface area contributed by atoms with Gasteiger partial charge in [-0.25, -0.2) is 28.8 Å². The number of carbonyl (C=O) groups is 2. The van der Waals surface area contributed by atoms with E-state index >= 15 is 0 Å². The van der Waals surface area contributed by atoms with Crippen LogP contribution < -0.4 is 10.6 Å². The molecule has 1 unspecified atom stereocenters. The summed E-state index contributed by atoms with van der Waals surface area (Å²) in [6.45, 7) is 17.2. The Morgan fingerprint density at radius 1 is 1.14 bits per heavy atom. The molecule has 272 valence electrons. The lowest BCUT2D eigenvalue weighted by atomic mass is 9.85. The highest BCUT2D eigenvalue weighted by Gasteiger charge is 2.41. The lowest BCUT2D eigenvalue weighted by molar-refractivity contribution is 0.0517. The molecule has 1 aliphatic heterocycles. The van der Waals surface area contributed by atoms with E-state index in [1.54, 1.807) is 12.4 Å². The maximum Gasteiger partial charge on any atom is 0.419 e. The van der Waals surface area contributed by atoms with Crippen LogP contribution in [-0.4, -0.2) is 86.4 Å². The number of alkyl carbamates (subject to hydrolysis) is 1. The monoisotopic (exact) mass is 690 g/mol. The molecule has 1 saturated carbocycles. The zero-order valence-electron chi connectivity index (χ0n) is 30.9. The van der Waals surface area contributed by atoms with Gasteiger partial charge in [0, 0.05) is 55.7 Å². The molecule has 2 aliphatic rings. The molecule has 1 fully saturated rings. The van der Waals surface area contributed by atoms with Gasteiger partial charge in [-0.05, 0) is 98.4 Å². The summed E-state index contributed by atoms with van der Waals surface area (Å²) in [4.78, 5) is 35.9. The molecule has 0 radical (unpaired) electrons. The van der Waals surface area contributed by atoms with Crippen molar-refractivity contribution in [3.8, 4) is 0 Å². The molecular weight excluding hydrogens is 636 g/mol. The summed E-state index contributed by atoms with van der Waals surface area (Å²) >= 11 is 0. The summed E-state index contributed by atoms with van der Waals surface area (Å²) in [5.41, 5.74) is 3.07. The van der Waals surface area contributed by atoms with Crippen molar-refractivity contribution in [2.75, 3.05) is 38.6 Å². The van der Waals surface area contributed by atoms with Crippen LogP contribution in [0.1, 0.15) is 97.5 Å². The average molecular weight is 691 g/mol. The van der Waals surface area contributed by atoms with Gasteiger partial charge in [0.2, 0.25) is 0 Å². The van der Waals surface area contributed by atoms with Crippen LogP contribution >= 0.6 is 0 Å². The fourth-order valence-corrected chi connectivity index (χ4v) is 6.33. The summed E-state index contributed by atoms with van der Waals surface area (Å²) in [6, 6.07) is 6.25. The van der Waals surface area contributed by atoms with Crippen LogP contribution in [0, 0.1) is 0 Å². The zero-order chi connectivity index (χ0) is 36.1. The maximum absolute atomic E-state index is 12.6. The molecular formula is C37H54N8O5. The molecule has 3 aromatic rings. The quantitative estimate of drug-likeness (QED) is 0.211. The van der Waals surface area contributed by atoms with Crippen molar-refractivity contribution in [3.63, 3.8) is 0 Å². The van der Waals surface area contributed by atoms with E-state index < -0.39 is 17.8 Å². The average Bonchev–Trinajstić information content (AvgIpc) is 3.80. The van der Waals surface area contributed by atoms with Crippen LogP contribution in [-0.2, 0) is 31.8 Å². The van der Waals surface area contributed by atoms with Crippen molar-refractivity contribution in [1.82, 2.24) is 34.5 Å². The predicted molar refractivity (Wildman–Crippen MR) is 192 cm³/mol. The second-order valence-electron chi connectivity index (χ2n) is 15.7. The minimum absolute atomic E-state index is 0.204. The van der Waals surface area contributed by atoms with Crippen LogP contribution in [0.5, 0.6) is 0 Å². The van der Waals surface area contributed by atoms with E-state index in [-0.39, 0.29) is 17.1 Å². The van der Waals surface area contributed by atoms with Crippen LogP contribution in [0.15, 0.2) is 43.0 Å². The number of imidazole rings is 1. The highest BCUT2D eigenvalue weighted by molar-refractivity contribution is 5.71. The Labute approximate surface area is 295 Å². The van der Waals surface area contributed by atoms with E-state index in [1.165, 1.54) is 16.5 Å². The lowest BCUT2D eigenvalue weighted by Gasteiger charge is -2.25. The number of pyridine rings is 1. The summed E-state index contributed by atoms with van der Waals surface area (Å²) < 4.78 is 20.6. The van der Waals surface area contributed by atoms with Crippen molar-refractivity contribution in [1.29, 1.82) is 0 Å². The van der Waals surface area contributed by atoms with Crippen LogP contribution in [0.3, 0.4) is 0 Å². The van der Waals surface area contributed by atoms with Gasteiger partial charge in [-0.15, -0.1) is 0 Å². The van der Waals surface area contributed by atoms with Crippen LogP contribution in [0.4, 0.5) is 21.2 Å². The number of carbonyl (C=O) groups excluding carboxylic acids is 2. The molecule has 5 rings (SSSR count). The van der Waals surface area contributed by atoms with Gasteiger partial charge >= 0.3 is 12.2 Å². The number of rotatable bonds is 11. The Morgan fingerprint density at radius 3 is 2.62 bits per heavy atom. The largest absolute Gasteiger partial charge is 0.446 e. The third-order valence-electron chi connectivity index (χ3n) is 9.00. The number of aromatic nitrogens is 5. The van der Waals surface area contributed by atoms with E-state index in [0.717, 1.165) is 55.1 Å². The minimum Gasteiger partial charge on any atom is -0.446 e. The number of anilines is 2. The van der Waals surface area contributed by atoms with Gasteiger partial charge in [0.15, 0.2) is 0 Å². The Hall–Kier alpha value is -4.23. The summed E-state index contributed by atoms with van der Waals surface area (Å²) in [6.07, 6.45) is 9.71. The second kappa shape index (κ2) is 15.3. The lowest BCUT2D eigenvalue weighted by Crippen LogP contribution is -2.33. The van der Waals surface area contributed by atoms with E-state index in [0.29, 0.717) is 38.4 Å². The van der Waals surface area contributed by atoms with Crippen molar-refractivity contribution < 1.29 is 23.8 Å². The van der Waals surface area contributed by atoms with Gasteiger partial charge in [-0.3, -0.25) is 0 Å². The topological polar surface area (TPSA) is 138 Å². The normalized spacial score (nSPS) is 20.0. The Kier molecular flexibility index (Phi) is 11.4. The van der Waals surface area contributed by atoms with Gasteiger partial charge in [0.25, 0.3) is 0 Å². The van der Waals surface area contributed by atoms with Gasteiger partial charge < -0.3 is 29.7 Å². The number of ether oxygens (including phenoxy) is 3. The molecule has 0 aromatic carbocycles. The fraction of sp³-hybridized carbons (Fsp3) is 0.595. The van der Waals surface area contributed by atoms with Crippen molar-refractivity contribution in [2.24, 2.45) is 0 Å². The molecule has 1 aliphatic carbocycles. The first-order valence-corrected chi connectivity index (χ1v) is 17.6. The van der Waals surface area contributed by atoms with E-state index in [9.17, 15) is 9.59 Å². The van der Waals surface area contributed by atoms with Gasteiger partial charge in [0.1, 0.15) is 29.7 Å². The predicted octanol–water partition coefficient (Wildman–Crippen LogP) is 6.62. The van der Waals surface area contributed by atoms with Crippen molar-refractivity contribution >= 4 is 29.4 Å². The number of hydrogen-bond donors (Lipinski definition) is 2. The third kappa shape index (κ3) is 9.72. The molecule has 0 saturated heterocycles. The number of amides is 1. The number of likely N-dealkylation sites (N-methyl/N-ethyl adjacent to an activating group) is 1. The molecule has 2 atom stereocenters. The van der Waals surface area contributed by atoms with E-state index in [1.807, 2.05) is 31.5 Å². The molecule has 50 heavy (non-hydrogen) atoms. The Bertz CT molecular complexity index is 1650. The first kappa shape index (κ1) is 37.0. The smallest absolute Gasteiger partial charge is 0.419 e. The molecule has 0 bridgehead atoms. The van der Waals surface area contributed by atoms with Crippen molar-refractivity contribution in [2.45, 2.75) is 110 Å². The van der Waals surface area contributed by atoms with E-state index in [4.69, 9.17) is 24.3 Å². The van der Waals surface area contributed by atoms with Gasteiger partial charge in [-0.2, -0.15) is 5.10 Å². The van der Waals surface area contributed by atoms with Gasteiger partial charge in [0.05, 0.1) is 23.5 Å². The van der Waals surface area contributed by atoms with E-state index in [2.05, 4.69) is 73.5 Å². The molecule has 3 aromatic heterocycles. The van der Waals surface area contributed by atoms with Gasteiger partial charge in [-0.1, -0.05) is 13.0 Å². The molecule has 13 nitrogen and oxygen atoms in total. The maximum atomic E-state index is 12.6. The Morgan fingerprint density at radius 2 is 1.94 bits per heavy atom. The summed E-state index contributed by atoms with van der Waals surface area (Å²) in [5, 5.41) is 11.5. The Balaban J connectivity index is 1.30. The third-order valence-corrected chi connectivity index (χ3v) is 9.00. The number of nitrogens with one attached hydrogen (secondary N) is 2. The van der Waals surface area contributed by atoms with Crippen molar-refractivity contribution in [3.05, 3.63) is 59.9 Å². The van der Waals surface area contributed by atoms with Crippen LogP contribution in [0.2, 0.25) is 0 Å². The molecule has 0 spiro atoms. The number of hydrogen-bond acceptors (Lipinski definition) is 10. The highest BCUT2D eigenvalue weighted by atomic mass is 16.6. The molecule has 13 heteroatoms. The zero-order valence-corrected chi connectivity index (χ0v) is 30.9. The first-order valence-electron chi connectivity index (χ1n) is 17.6. The molecule has 1 amide bonds. The SMILES string of the molecule is CN1CC=C(c2ccc(Nc3cc([C@@]4(C)CCC(OC(=O)n5ccnc5)C4)nn3C(C)(C)C)nc2COCCCNC(=O)OC(C)(C)C)CC1. The number of nitrogens with zero attached hydrogens (tertiary/aromatic N) is 6. The van der Waals surface area contributed by atoms with Crippen LogP contribution in [0.25, 0.3) is 5.57 Å². The molecule has 2 N–H and O–H groups in total. The summed E-state index contributed by atoms with van der Waals surface area (Å²) in [7, 11) is 2.13. The second-order valence-corrected chi connectivity index (χ2v) is 15.7. The highest BCUT2D eigenvalue weighted by Crippen LogP contribution is 2.43. The standard InChI is InChI=1S/C37H54N8O5/c1-35(2,3)45-32(22-30(42-45)37(7)15-12-27(23-37)49-34(47)44-20-17-38-25-44)41-31-11-10-28(26-13-18-43(8)19-14-26)29(40-31)24-48-21-9-16-39-33(46)50-36(4,5)6/h10-11,13,17,20,22,25,27H,9,12,14-16,18-19,21,23-24H2,1-8H3,(H,39,46)(H,40,41)/t27?,37-/m0/s1. The first-order chi connectivity index (χ1) is 23.6. The summed E-state index contributed by atoms with van der Waals surface area (Å²) in [5.74, 6) is 1.54. The minimum atomic E-state index is -0.536. The fourth-order valence-electron chi connectivity index (χ4n) is 6.33.